The number of hydrogen-bond donors (Lipinski definition) is 1. The van der Waals surface area contributed by atoms with Crippen LogP contribution in [0.25, 0.3) is 0 Å². The van der Waals surface area contributed by atoms with Crippen LogP contribution in [0.5, 0.6) is 5.75 Å². The van der Waals surface area contributed by atoms with Crippen molar-refractivity contribution in [2.24, 2.45) is 0 Å². The summed E-state index contributed by atoms with van der Waals surface area (Å²) >= 11 is 0. The molecular formula is C16H22N2O2. The largest absolute Gasteiger partial charge is 0.497 e. The molecule has 0 spiro atoms. The Balaban J connectivity index is 1.87. The van der Waals surface area contributed by atoms with Crippen LogP contribution in [0.15, 0.2) is 28.8 Å². The van der Waals surface area contributed by atoms with Gasteiger partial charge in [-0.1, -0.05) is 17.3 Å². The van der Waals surface area contributed by atoms with Crippen molar-refractivity contribution in [2.45, 2.75) is 39.8 Å². The van der Waals surface area contributed by atoms with Gasteiger partial charge in [-0.3, -0.25) is 0 Å². The molecule has 0 aliphatic carbocycles. The standard InChI is InChI=1S/C16H22N2O2/c1-11(9-14-5-7-15(19-4)8-6-14)17-10-16-12(2)18-20-13(16)3/h5-8,11,17H,9-10H2,1-4H3. The van der Waals surface area contributed by atoms with Crippen LogP contribution in [0, 0.1) is 13.8 Å². The molecular weight excluding hydrogens is 252 g/mol. The molecule has 1 aromatic heterocycles. The highest BCUT2D eigenvalue weighted by atomic mass is 16.5. The van der Waals surface area contributed by atoms with E-state index in [4.69, 9.17) is 9.26 Å². The minimum absolute atomic E-state index is 0.386. The van der Waals surface area contributed by atoms with Gasteiger partial charge >= 0.3 is 0 Å². The number of rotatable bonds is 6. The SMILES string of the molecule is COc1ccc(CC(C)NCc2c(C)noc2C)cc1. The van der Waals surface area contributed by atoms with E-state index < -0.39 is 0 Å². The Kier molecular flexibility index (Phi) is 4.79. The van der Waals surface area contributed by atoms with E-state index in [0.29, 0.717) is 6.04 Å². The second kappa shape index (κ2) is 6.57. The molecule has 108 valence electrons. The maximum Gasteiger partial charge on any atom is 0.138 e. The van der Waals surface area contributed by atoms with Gasteiger partial charge in [-0.05, 0) is 44.9 Å². The fraction of sp³-hybridized carbons (Fsp3) is 0.438. The monoisotopic (exact) mass is 274 g/mol. The number of aryl methyl sites for hydroxylation is 2. The fourth-order valence-corrected chi connectivity index (χ4v) is 2.22. The number of hydrogen-bond acceptors (Lipinski definition) is 4. The number of ether oxygens (including phenoxy) is 1. The minimum atomic E-state index is 0.386. The molecule has 1 unspecified atom stereocenters. The van der Waals surface area contributed by atoms with Crippen molar-refractivity contribution in [1.29, 1.82) is 0 Å². The molecule has 0 radical (unpaired) electrons. The van der Waals surface area contributed by atoms with Crippen molar-refractivity contribution in [3.05, 3.63) is 46.8 Å². The van der Waals surface area contributed by atoms with E-state index in [9.17, 15) is 0 Å². The topological polar surface area (TPSA) is 47.3 Å². The number of nitrogens with one attached hydrogen (secondary N) is 1. The van der Waals surface area contributed by atoms with Crippen molar-refractivity contribution in [3.8, 4) is 5.75 Å². The van der Waals surface area contributed by atoms with Gasteiger partial charge in [-0.2, -0.15) is 0 Å². The molecule has 1 heterocycles. The molecule has 4 nitrogen and oxygen atoms in total. The normalized spacial score (nSPS) is 12.4. The zero-order valence-electron chi connectivity index (χ0n) is 12.6. The van der Waals surface area contributed by atoms with Crippen molar-refractivity contribution >= 4 is 0 Å². The summed E-state index contributed by atoms with van der Waals surface area (Å²) in [6, 6.07) is 8.59. The summed E-state index contributed by atoms with van der Waals surface area (Å²) in [6.45, 7) is 6.90. The Labute approximate surface area is 120 Å². The molecule has 0 amide bonds. The maximum atomic E-state index is 5.17. The first kappa shape index (κ1) is 14.6. The van der Waals surface area contributed by atoms with Crippen molar-refractivity contribution in [3.63, 3.8) is 0 Å². The number of nitrogens with zero attached hydrogens (tertiary/aromatic N) is 1. The fourth-order valence-electron chi connectivity index (χ4n) is 2.22. The van der Waals surface area contributed by atoms with E-state index in [1.165, 1.54) is 5.56 Å². The predicted molar refractivity (Wildman–Crippen MR) is 79.0 cm³/mol. The average Bonchev–Trinajstić information content (AvgIpc) is 2.77. The Bertz CT molecular complexity index is 527. The molecule has 0 saturated carbocycles. The number of aromatic nitrogens is 1. The van der Waals surface area contributed by atoms with E-state index in [1.54, 1.807) is 7.11 Å². The quantitative estimate of drug-likeness (QED) is 0.879. The second-order valence-electron chi connectivity index (χ2n) is 5.14. The molecule has 0 saturated heterocycles. The van der Waals surface area contributed by atoms with Gasteiger partial charge in [0.05, 0.1) is 12.8 Å². The highest BCUT2D eigenvalue weighted by Crippen LogP contribution is 2.14. The molecule has 0 fully saturated rings. The van der Waals surface area contributed by atoms with Crippen LogP contribution < -0.4 is 10.1 Å². The lowest BCUT2D eigenvalue weighted by Crippen LogP contribution is -2.27. The highest BCUT2D eigenvalue weighted by molar-refractivity contribution is 5.27. The Hall–Kier alpha value is -1.81. The number of benzene rings is 1. The molecule has 0 aliphatic heterocycles. The predicted octanol–water partition coefficient (Wildman–Crippen LogP) is 3.02. The van der Waals surface area contributed by atoms with Crippen molar-refractivity contribution < 1.29 is 9.26 Å². The first-order valence-electron chi connectivity index (χ1n) is 6.88. The molecule has 4 heteroatoms. The number of methoxy groups -OCH3 is 1. The molecule has 1 aromatic carbocycles. The van der Waals surface area contributed by atoms with E-state index in [0.717, 1.165) is 35.7 Å². The average molecular weight is 274 g/mol. The summed E-state index contributed by atoms with van der Waals surface area (Å²) in [7, 11) is 1.68. The zero-order valence-corrected chi connectivity index (χ0v) is 12.6. The van der Waals surface area contributed by atoms with Crippen LogP contribution in [-0.2, 0) is 13.0 Å². The van der Waals surface area contributed by atoms with Crippen LogP contribution >= 0.6 is 0 Å². The Morgan fingerprint density at radius 1 is 1.25 bits per heavy atom. The Morgan fingerprint density at radius 3 is 2.50 bits per heavy atom. The van der Waals surface area contributed by atoms with E-state index >= 15 is 0 Å². The van der Waals surface area contributed by atoms with Gasteiger partial charge in [0, 0.05) is 18.2 Å². The van der Waals surface area contributed by atoms with Crippen molar-refractivity contribution in [1.82, 2.24) is 10.5 Å². The van der Waals surface area contributed by atoms with Crippen LogP contribution in [-0.4, -0.2) is 18.3 Å². The van der Waals surface area contributed by atoms with Gasteiger partial charge in [-0.15, -0.1) is 0 Å². The van der Waals surface area contributed by atoms with E-state index in [2.05, 4.69) is 29.5 Å². The molecule has 0 bridgehead atoms. The summed E-state index contributed by atoms with van der Waals surface area (Å²) in [6.07, 6.45) is 0.980. The van der Waals surface area contributed by atoms with Crippen molar-refractivity contribution in [2.75, 3.05) is 7.11 Å². The van der Waals surface area contributed by atoms with Crippen LogP contribution in [0.1, 0.15) is 29.5 Å². The van der Waals surface area contributed by atoms with Crippen LogP contribution in [0.3, 0.4) is 0 Å². The van der Waals surface area contributed by atoms with Crippen LogP contribution in [0.2, 0.25) is 0 Å². The summed E-state index contributed by atoms with van der Waals surface area (Å²) in [4.78, 5) is 0. The van der Waals surface area contributed by atoms with Gasteiger partial charge in [-0.25, -0.2) is 0 Å². The minimum Gasteiger partial charge on any atom is -0.497 e. The summed E-state index contributed by atoms with van der Waals surface area (Å²) < 4.78 is 10.3. The molecule has 2 aromatic rings. The Morgan fingerprint density at radius 2 is 1.95 bits per heavy atom. The molecule has 20 heavy (non-hydrogen) atoms. The molecule has 0 aliphatic rings. The third-order valence-electron chi connectivity index (χ3n) is 3.51. The molecule has 1 N–H and O–H groups in total. The van der Waals surface area contributed by atoms with Gasteiger partial charge in [0.2, 0.25) is 0 Å². The van der Waals surface area contributed by atoms with Gasteiger partial charge in [0.1, 0.15) is 11.5 Å². The van der Waals surface area contributed by atoms with Gasteiger partial charge in [0.25, 0.3) is 0 Å². The lowest BCUT2D eigenvalue weighted by Gasteiger charge is -2.14. The maximum absolute atomic E-state index is 5.17. The third-order valence-corrected chi connectivity index (χ3v) is 3.51. The first-order valence-corrected chi connectivity index (χ1v) is 6.88. The zero-order chi connectivity index (χ0) is 14.5. The van der Waals surface area contributed by atoms with Gasteiger partial charge < -0.3 is 14.6 Å². The lowest BCUT2D eigenvalue weighted by atomic mass is 10.1. The lowest BCUT2D eigenvalue weighted by molar-refractivity contribution is 0.391. The summed E-state index contributed by atoms with van der Waals surface area (Å²) in [5.74, 6) is 1.79. The third kappa shape index (κ3) is 3.61. The molecule has 2 rings (SSSR count). The highest BCUT2D eigenvalue weighted by Gasteiger charge is 2.10. The summed E-state index contributed by atoms with van der Waals surface area (Å²) in [5, 5.41) is 7.48. The first-order chi connectivity index (χ1) is 9.60. The molecule has 1 atom stereocenters. The van der Waals surface area contributed by atoms with Gasteiger partial charge in [0.15, 0.2) is 0 Å². The second-order valence-corrected chi connectivity index (χ2v) is 5.14. The van der Waals surface area contributed by atoms with E-state index in [1.807, 2.05) is 26.0 Å². The smallest absolute Gasteiger partial charge is 0.138 e. The van der Waals surface area contributed by atoms with E-state index in [-0.39, 0.29) is 0 Å². The summed E-state index contributed by atoms with van der Waals surface area (Å²) in [5.41, 5.74) is 3.42. The van der Waals surface area contributed by atoms with Crippen LogP contribution in [0.4, 0.5) is 0 Å².